The summed E-state index contributed by atoms with van der Waals surface area (Å²) in [6.45, 7) is 11.9. The fourth-order valence-electron chi connectivity index (χ4n) is 4.52. The highest BCUT2D eigenvalue weighted by Gasteiger charge is 2.45. The van der Waals surface area contributed by atoms with E-state index in [1.54, 1.807) is 7.11 Å². The summed E-state index contributed by atoms with van der Waals surface area (Å²) < 4.78 is 18.7. The first-order valence-electron chi connectivity index (χ1n) is 12.1. The Balaban J connectivity index is 1.50. The molecule has 0 radical (unpaired) electrons. The highest BCUT2D eigenvalue weighted by Crippen LogP contribution is 2.44. The largest absolute Gasteiger partial charge is 0.485 e. The molecule has 2 atom stereocenters. The van der Waals surface area contributed by atoms with Crippen LogP contribution < -0.4 is 10.1 Å². The molecule has 4 rings (SSSR count). The van der Waals surface area contributed by atoms with Crippen LogP contribution in [0.25, 0.3) is 0 Å². The Morgan fingerprint density at radius 2 is 1.71 bits per heavy atom. The summed E-state index contributed by atoms with van der Waals surface area (Å²) in [7, 11) is 1.72. The molecule has 0 spiro atoms. The van der Waals surface area contributed by atoms with Gasteiger partial charge in [-0.25, -0.2) is 0 Å². The molecule has 0 aliphatic carbocycles. The van der Waals surface area contributed by atoms with Gasteiger partial charge in [-0.05, 0) is 66.3 Å². The Labute approximate surface area is 214 Å². The van der Waals surface area contributed by atoms with Crippen molar-refractivity contribution in [2.45, 2.75) is 71.0 Å². The first-order chi connectivity index (χ1) is 16.6. The molecule has 0 bridgehead atoms. The zero-order valence-electron chi connectivity index (χ0n) is 21.5. The highest BCUT2D eigenvalue weighted by molar-refractivity contribution is 6.30. The van der Waals surface area contributed by atoms with Gasteiger partial charge in [0, 0.05) is 29.9 Å². The Morgan fingerprint density at radius 1 is 0.971 bits per heavy atom. The normalized spacial score (nSPS) is 19.1. The molecule has 0 saturated heterocycles. The average molecular weight is 494 g/mol. The number of ether oxygens (including phenoxy) is 3. The lowest BCUT2D eigenvalue weighted by atomic mass is 9.87. The predicted octanol–water partition coefficient (Wildman–Crippen LogP) is 7.69. The summed E-state index contributed by atoms with van der Waals surface area (Å²) in [4.78, 5) is 0. The fraction of sp³-hybridized carbons (Fsp3) is 0.400. The molecule has 1 heterocycles. The van der Waals surface area contributed by atoms with Crippen LogP contribution in [0.1, 0.15) is 63.0 Å². The minimum atomic E-state index is -0.560. The van der Waals surface area contributed by atoms with Crippen LogP contribution in [-0.2, 0) is 28.0 Å². The van der Waals surface area contributed by atoms with Crippen molar-refractivity contribution in [3.05, 3.63) is 94.0 Å². The van der Waals surface area contributed by atoms with Crippen LogP contribution in [0.3, 0.4) is 0 Å². The van der Waals surface area contributed by atoms with Gasteiger partial charge in [-0.15, -0.1) is 0 Å². The molecule has 0 aromatic heterocycles. The van der Waals surface area contributed by atoms with Gasteiger partial charge >= 0.3 is 0 Å². The number of hydrogen-bond acceptors (Lipinski definition) is 4. The minimum Gasteiger partial charge on any atom is -0.485 e. The summed E-state index contributed by atoms with van der Waals surface area (Å²) in [5.41, 5.74) is 5.18. The molecule has 3 aromatic rings. The van der Waals surface area contributed by atoms with E-state index in [2.05, 4.69) is 62.5 Å². The third kappa shape index (κ3) is 6.00. The Bertz CT molecular complexity index is 1150. The van der Waals surface area contributed by atoms with Gasteiger partial charge in [0.1, 0.15) is 23.6 Å². The minimum absolute atomic E-state index is 0.152. The van der Waals surface area contributed by atoms with Gasteiger partial charge in [-0.2, -0.15) is 0 Å². The SMILES string of the molecule is COC1c2cc(NCc3ccc(C(C)(C)C)cc3)ccc2OC(C)(C)C1OCc1cccc(Cl)c1. The second kappa shape index (κ2) is 10.2. The van der Waals surface area contributed by atoms with E-state index in [4.69, 9.17) is 25.8 Å². The van der Waals surface area contributed by atoms with E-state index in [9.17, 15) is 0 Å². The topological polar surface area (TPSA) is 39.7 Å². The number of benzene rings is 3. The van der Waals surface area contributed by atoms with Gasteiger partial charge in [0.15, 0.2) is 0 Å². The first kappa shape index (κ1) is 25.6. The maximum absolute atomic E-state index is 6.38. The van der Waals surface area contributed by atoms with Crippen molar-refractivity contribution < 1.29 is 14.2 Å². The van der Waals surface area contributed by atoms with Crippen LogP contribution in [0.2, 0.25) is 5.02 Å². The van der Waals surface area contributed by atoms with E-state index in [0.717, 1.165) is 29.1 Å². The van der Waals surface area contributed by atoms with Crippen molar-refractivity contribution >= 4 is 17.3 Å². The van der Waals surface area contributed by atoms with Crippen LogP contribution in [0.5, 0.6) is 5.75 Å². The Hall–Kier alpha value is -2.53. The van der Waals surface area contributed by atoms with Crippen LogP contribution in [0.15, 0.2) is 66.7 Å². The maximum Gasteiger partial charge on any atom is 0.132 e. The molecular formula is C30H36ClNO3. The summed E-state index contributed by atoms with van der Waals surface area (Å²) in [6, 6.07) is 22.7. The lowest BCUT2D eigenvalue weighted by Gasteiger charge is -2.44. The van der Waals surface area contributed by atoms with E-state index in [0.29, 0.717) is 11.6 Å². The van der Waals surface area contributed by atoms with Crippen LogP contribution in [-0.4, -0.2) is 18.8 Å². The van der Waals surface area contributed by atoms with Crippen molar-refractivity contribution in [3.8, 4) is 5.75 Å². The molecule has 1 aliphatic heterocycles. The molecule has 1 aliphatic rings. The second-order valence-corrected chi connectivity index (χ2v) is 11.2. The fourth-order valence-corrected chi connectivity index (χ4v) is 4.73. The van der Waals surface area contributed by atoms with E-state index in [1.807, 2.05) is 44.2 Å². The molecule has 0 fully saturated rings. The lowest BCUT2D eigenvalue weighted by Crippen LogP contribution is -2.50. The standard InChI is InChI=1S/C30H36ClNO3/c1-29(2,3)22-12-10-20(11-13-22)18-32-24-14-15-26-25(17-24)27(33-6)28(30(4,5)35-26)34-19-21-8-7-9-23(31)16-21/h7-17,27-28,32H,18-19H2,1-6H3. The van der Waals surface area contributed by atoms with E-state index in [-0.39, 0.29) is 17.6 Å². The number of fused-ring (bicyclic) bond motifs is 1. The van der Waals surface area contributed by atoms with Gasteiger partial charge in [0.25, 0.3) is 0 Å². The van der Waals surface area contributed by atoms with Gasteiger partial charge in [-0.1, -0.05) is 68.8 Å². The zero-order chi connectivity index (χ0) is 25.2. The molecule has 2 unspecified atom stereocenters. The molecule has 1 N–H and O–H groups in total. The van der Waals surface area contributed by atoms with E-state index < -0.39 is 5.60 Å². The Kier molecular flexibility index (Phi) is 7.46. The monoisotopic (exact) mass is 493 g/mol. The molecule has 186 valence electrons. The van der Waals surface area contributed by atoms with Crippen LogP contribution in [0, 0.1) is 0 Å². The average Bonchev–Trinajstić information content (AvgIpc) is 2.80. The van der Waals surface area contributed by atoms with Crippen LogP contribution >= 0.6 is 11.6 Å². The van der Waals surface area contributed by atoms with Crippen LogP contribution in [0.4, 0.5) is 5.69 Å². The summed E-state index contributed by atoms with van der Waals surface area (Å²) >= 11 is 6.15. The predicted molar refractivity (Wildman–Crippen MR) is 143 cm³/mol. The van der Waals surface area contributed by atoms with Crippen molar-refractivity contribution in [2.24, 2.45) is 0 Å². The Morgan fingerprint density at radius 3 is 2.37 bits per heavy atom. The van der Waals surface area contributed by atoms with E-state index in [1.165, 1.54) is 11.1 Å². The molecule has 3 aromatic carbocycles. The van der Waals surface area contributed by atoms with Crippen molar-refractivity contribution in [1.82, 2.24) is 0 Å². The summed E-state index contributed by atoms with van der Waals surface area (Å²) in [5, 5.41) is 4.24. The van der Waals surface area contributed by atoms with E-state index >= 15 is 0 Å². The third-order valence-electron chi connectivity index (χ3n) is 6.54. The summed E-state index contributed by atoms with van der Waals surface area (Å²) in [5.74, 6) is 0.824. The molecule has 0 amide bonds. The van der Waals surface area contributed by atoms with Gasteiger partial charge in [-0.3, -0.25) is 0 Å². The number of nitrogens with one attached hydrogen (secondary N) is 1. The number of methoxy groups -OCH3 is 1. The molecule has 4 nitrogen and oxygen atoms in total. The van der Waals surface area contributed by atoms with Crippen molar-refractivity contribution in [2.75, 3.05) is 12.4 Å². The number of halogens is 1. The third-order valence-corrected chi connectivity index (χ3v) is 6.77. The second-order valence-electron chi connectivity index (χ2n) is 10.8. The van der Waals surface area contributed by atoms with Gasteiger partial charge in [0.2, 0.25) is 0 Å². The first-order valence-corrected chi connectivity index (χ1v) is 12.5. The number of rotatable bonds is 7. The van der Waals surface area contributed by atoms with Crippen molar-refractivity contribution in [3.63, 3.8) is 0 Å². The van der Waals surface area contributed by atoms with Gasteiger partial charge in [0.05, 0.1) is 6.61 Å². The lowest BCUT2D eigenvalue weighted by molar-refractivity contribution is -0.159. The molecule has 0 saturated carbocycles. The van der Waals surface area contributed by atoms with Gasteiger partial charge < -0.3 is 19.5 Å². The summed E-state index contributed by atoms with van der Waals surface area (Å²) in [6.07, 6.45) is -0.556. The molecule has 35 heavy (non-hydrogen) atoms. The smallest absolute Gasteiger partial charge is 0.132 e. The maximum atomic E-state index is 6.38. The van der Waals surface area contributed by atoms with Crippen molar-refractivity contribution in [1.29, 1.82) is 0 Å². The molecule has 5 heteroatoms. The highest BCUT2D eigenvalue weighted by atomic mass is 35.5. The zero-order valence-corrected chi connectivity index (χ0v) is 22.3. The number of hydrogen-bond donors (Lipinski definition) is 1. The number of anilines is 1. The quantitative estimate of drug-likeness (QED) is 0.366. The molecular weight excluding hydrogens is 458 g/mol.